The van der Waals surface area contributed by atoms with Crippen LogP contribution in [0.4, 0.5) is 0 Å². The van der Waals surface area contributed by atoms with Gasteiger partial charge in [0, 0.05) is 15.6 Å². The topological polar surface area (TPSA) is 52.9 Å². The monoisotopic (exact) mass is 228 g/mol. The van der Waals surface area contributed by atoms with Crippen LogP contribution in [0.1, 0.15) is 10.4 Å². The van der Waals surface area contributed by atoms with E-state index in [0.29, 0.717) is 15.6 Å². The summed E-state index contributed by atoms with van der Waals surface area (Å²) in [6.07, 6.45) is 0. The van der Waals surface area contributed by atoms with Crippen LogP contribution in [-0.4, -0.2) is 12.5 Å². The molecule has 1 N–H and O–H groups in total. The maximum absolute atomic E-state index is 11.3. The Hall–Kier alpha value is -1.24. The third-order valence-corrected chi connectivity index (χ3v) is 1.89. The Morgan fingerprint density at radius 3 is 2.43 bits per heavy atom. The first-order chi connectivity index (χ1) is 6.63. The van der Waals surface area contributed by atoms with Gasteiger partial charge in [-0.3, -0.25) is 4.79 Å². The first-order valence-electron chi connectivity index (χ1n) is 3.74. The minimum Gasteiger partial charge on any atom is -0.339 e. The summed E-state index contributed by atoms with van der Waals surface area (Å²) in [7, 11) is 0. The number of hydrogen-bond donors (Lipinski definition) is 1. The lowest BCUT2D eigenvalue weighted by Gasteiger charge is -2.02. The van der Waals surface area contributed by atoms with Gasteiger partial charge in [-0.1, -0.05) is 23.2 Å². The largest absolute Gasteiger partial charge is 0.339 e. The molecule has 0 saturated heterocycles. The molecule has 72 valence electrons. The highest BCUT2D eigenvalue weighted by atomic mass is 35.5. The fourth-order valence-corrected chi connectivity index (χ4v) is 1.43. The van der Waals surface area contributed by atoms with Gasteiger partial charge in [0.05, 0.1) is 6.07 Å². The van der Waals surface area contributed by atoms with E-state index in [2.05, 4.69) is 5.32 Å². The average molecular weight is 229 g/mol. The number of benzene rings is 1. The fourth-order valence-electron chi connectivity index (χ4n) is 0.907. The molecule has 0 aliphatic heterocycles. The van der Waals surface area contributed by atoms with Gasteiger partial charge in [0.25, 0.3) is 5.91 Å². The highest BCUT2D eigenvalue weighted by Gasteiger charge is 2.06. The first-order valence-corrected chi connectivity index (χ1v) is 4.50. The molecule has 0 saturated carbocycles. The summed E-state index contributed by atoms with van der Waals surface area (Å²) >= 11 is 11.4. The van der Waals surface area contributed by atoms with E-state index in [1.165, 1.54) is 18.2 Å². The smallest absolute Gasteiger partial charge is 0.252 e. The summed E-state index contributed by atoms with van der Waals surface area (Å²) in [6, 6.07) is 6.30. The van der Waals surface area contributed by atoms with E-state index in [-0.39, 0.29) is 12.5 Å². The third kappa shape index (κ3) is 2.91. The number of carbonyl (C=O) groups excluding carboxylic acids is 1. The predicted octanol–water partition coefficient (Wildman–Crippen LogP) is 2.25. The molecule has 1 aromatic rings. The molecule has 1 aromatic carbocycles. The van der Waals surface area contributed by atoms with E-state index in [4.69, 9.17) is 28.5 Å². The van der Waals surface area contributed by atoms with E-state index >= 15 is 0 Å². The Morgan fingerprint density at radius 1 is 1.36 bits per heavy atom. The molecule has 0 fully saturated rings. The lowest BCUT2D eigenvalue weighted by atomic mass is 10.2. The molecule has 0 aliphatic rings. The molecular formula is C9H6Cl2N2O. The maximum atomic E-state index is 11.3. The lowest BCUT2D eigenvalue weighted by molar-refractivity contribution is 0.0958. The molecule has 0 unspecified atom stereocenters. The third-order valence-electron chi connectivity index (χ3n) is 1.45. The molecule has 1 rings (SSSR count). The molecule has 0 aliphatic carbocycles. The van der Waals surface area contributed by atoms with Gasteiger partial charge < -0.3 is 5.32 Å². The van der Waals surface area contributed by atoms with Crippen LogP contribution >= 0.6 is 23.2 Å². The van der Waals surface area contributed by atoms with Gasteiger partial charge >= 0.3 is 0 Å². The normalized spacial score (nSPS) is 9.21. The fraction of sp³-hybridized carbons (Fsp3) is 0.111. The molecule has 14 heavy (non-hydrogen) atoms. The number of carbonyl (C=O) groups is 1. The van der Waals surface area contributed by atoms with E-state index in [1.54, 1.807) is 6.07 Å². The second-order valence-electron chi connectivity index (χ2n) is 2.50. The number of nitrogens with zero attached hydrogens (tertiary/aromatic N) is 1. The molecule has 0 heterocycles. The van der Waals surface area contributed by atoms with Gasteiger partial charge in [-0.15, -0.1) is 0 Å². The van der Waals surface area contributed by atoms with Crippen molar-refractivity contribution in [1.29, 1.82) is 5.26 Å². The van der Waals surface area contributed by atoms with Gasteiger partial charge in [-0.05, 0) is 18.2 Å². The van der Waals surface area contributed by atoms with Crippen LogP contribution in [-0.2, 0) is 0 Å². The van der Waals surface area contributed by atoms with Crippen molar-refractivity contribution in [2.24, 2.45) is 0 Å². The molecule has 0 atom stereocenters. The Bertz CT molecular complexity index is 378. The van der Waals surface area contributed by atoms with Crippen LogP contribution in [0.2, 0.25) is 10.0 Å². The van der Waals surface area contributed by atoms with Crippen molar-refractivity contribution in [2.45, 2.75) is 0 Å². The molecule has 0 spiro atoms. The van der Waals surface area contributed by atoms with Crippen LogP contribution in [0, 0.1) is 11.3 Å². The molecule has 5 heteroatoms. The van der Waals surface area contributed by atoms with Gasteiger partial charge in [-0.25, -0.2) is 0 Å². The van der Waals surface area contributed by atoms with Gasteiger partial charge in [-0.2, -0.15) is 5.26 Å². The van der Waals surface area contributed by atoms with E-state index in [0.717, 1.165) is 0 Å². The molecule has 3 nitrogen and oxygen atoms in total. The second kappa shape index (κ2) is 4.85. The Kier molecular flexibility index (Phi) is 3.75. The maximum Gasteiger partial charge on any atom is 0.252 e. The van der Waals surface area contributed by atoms with Gasteiger partial charge in [0.15, 0.2) is 0 Å². The van der Waals surface area contributed by atoms with Crippen molar-refractivity contribution in [3.63, 3.8) is 0 Å². The molecular weight excluding hydrogens is 223 g/mol. The molecule has 1 amide bonds. The van der Waals surface area contributed by atoms with Crippen molar-refractivity contribution in [1.82, 2.24) is 5.32 Å². The minimum absolute atomic E-state index is 0.0387. The second-order valence-corrected chi connectivity index (χ2v) is 3.37. The van der Waals surface area contributed by atoms with Crippen molar-refractivity contribution in [2.75, 3.05) is 6.54 Å². The summed E-state index contributed by atoms with van der Waals surface area (Å²) in [5.41, 5.74) is 0.345. The number of amides is 1. The highest BCUT2D eigenvalue weighted by molar-refractivity contribution is 6.35. The van der Waals surface area contributed by atoms with Crippen molar-refractivity contribution >= 4 is 29.1 Å². The van der Waals surface area contributed by atoms with E-state index < -0.39 is 0 Å². The van der Waals surface area contributed by atoms with Crippen molar-refractivity contribution < 1.29 is 4.79 Å². The average Bonchev–Trinajstić information content (AvgIpc) is 2.12. The first kappa shape index (κ1) is 10.8. The van der Waals surface area contributed by atoms with Crippen LogP contribution in [0.5, 0.6) is 0 Å². The zero-order valence-corrected chi connectivity index (χ0v) is 8.56. The molecule has 0 radical (unpaired) electrons. The zero-order valence-electron chi connectivity index (χ0n) is 7.05. The number of nitrogens with one attached hydrogen (secondary N) is 1. The molecule has 0 aromatic heterocycles. The quantitative estimate of drug-likeness (QED) is 0.790. The van der Waals surface area contributed by atoms with Crippen molar-refractivity contribution in [3.05, 3.63) is 33.8 Å². The summed E-state index contributed by atoms with van der Waals surface area (Å²) in [5, 5.41) is 11.4. The van der Waals surface area contributed by atoms with Crippen LogP contribution < -0.4 is 5.32 Å². The van der Waals surface area contributed by atoms with E-state index in [9.17, 15) is 4.79 Å². The summed E-state index contributed by atoms with van der Waals surface area (Å²) < 4.78 is 0. The summed E-state index contributed by atoms with van der Waals surface area (Å²) in [4.78, 5) is 11.3. The highest BCUT2D eigenvalue weighted by Crippen LogP contribution is 2.18. The van der Waals surface area contributed by atoms with Crippen LogP contribution in [0.3, 0.4) is 0 Å². The van der Waals surface area contributed by atoms with Gasteiger partial charge in [0.1, 0.15) is 6.54 Å². The SMILES string of the molecule is N#CCNC(=O)c1cc(Cl)cc(Cl)c1. The Morgan fingerprint density at radius 2 is 1.93 bits per heavy atom. The van der Waals surface area contributed by atoms with Crippen LogP contribution in [0.25, 0.3) is 0 Å². The van der Waals surface area contributed by atoms with Gasteiger partial charge in [0.2, 0.25) is 0 Å². The number of halogens is 2. The standard InChI is InChI=1S/C9H6Cl2N2O/c10-7-3-6(4-8(11)5-7)9(14)13-2-1-12/h3-5H,2H2,(H,13,14). The minimum atomic E-state index is -0.365. The number of hydrogen-bond acceptors (Lipinski definition) is 2. The summed E-state index contributed by atoms with van der Waals surface area (Å²) in [6.45, 7) is -0.0387. The Balaban J connectivity index is 2.85. The Labute approximate surface area is 91.2 Å². The van der Waals surface area contributed by atoms with E-state index in [1.807, 2.05) is 0 Å². The molecule has 0 bridgehead atoms. The zero-order chi connectivity index (χ0) is 10.6. The summed E-state index contributed by atoms with van der Waals surface area (Å²) in [5.74, 6) is -0.365. The van der Waals surface area contributed by atoms with Crippen molar-refractivity contribution in [3.8, 4) is 6.07 Å². The predicted molar refractivity (Wildman–Crippen MR) is 54.4 cm³/mol. The van der Waals surface area contributed by atoms with Crippen LogP contribution in [0.15, 0.2) is 18.2 Å². The number of nitriles is 1. The number of rotatable bonds is 2. The lowest BCUT2D eigenvalue weighted by Crippen LogP contribution is -2.23.